The van der Waals surface area contributed by atoms with Crippen LogP contribution in [-0.4, -0.2) is 51.9 Å². The molecule has 1 N–H and O–H groups in total. The van der Waals surface area contributed by atoms with Gasteiger partial charge in [-0.15, -0.1) is 0 Å². The molecule has 146 valence electrons. The van der Waals surface area contributed by atoms with Crippen LogP contribution >= 0.6 is 23.1 Å². The summed E-state index contributed by atoms with van der Waals surface area (Å²) in [5.74, 6) is 1.03. The predicted molar refractivity (Wildman–Crippen MR) is 113 cm³/mol. The van der Waals surface area contributed by atoms with Gasteiger partial charge < -0.3 is 15.0 Å². The van der Waals surface area contributed by atoms with Gasteiger partial charge in [-0.25, -0.2) is 15.0 Å². The minimum Gasteiger partial charge on any atom is -0.372 e. The molecule has 0 bridgehead atoms. The van der Waals surface area contributed by atoms with E-state index >= 15 is 0 Å². The smallest absolute Gasteiger partial charge is 0.236 e. The number of amides is 1. The van der Waals surface area contributed by atoms with Gasteiger partial charge in [0.2, 0.25) is 5.91 Å². The second-order valence-electron chi connectivity index (χ2n) is 6.70. The molecule has 2 unspecified atom stereocenters. The fourth-order valence-electron chi connectivity index (χ4n) is 3.17. The van der Waals surface area contributed by atoms with Crippen LogP contribution in [0.2, 0.25) is 0 Å². The molecule has 0 radical (unpaired) electrons. The molecule has 7 nitrogen and oxygen atoms in total. The number of carbonyl (C=O) groups excluding carboxylic acids is 1. The third kappa shape index (κ3) is 4.60. The topological polar surface area (TPSA) is 80.2 Å². The molecule has 2 aromatic heterocycles. The van der Waals surface area contributed by atoms with Crippen molar-refractivity contribution in [3.8, 4) is 0 Å². The molecule has 1 aliphatic rings. The molecule has 1 fully saturated rings. The summed E-state index contributed by atoms with van der Waals surface area (Å²) in [6.45, 7) is 5.71. The Morgan fingerprint density at radius 3 is 2.86 bits per heavy atom. The van der Waals surface area contributed by atoms with Crippen molar-refractivity contribution < 1.29 is 9.53 Å². The van der Waals surface area contributed by atoms with E-state index in [0.717, 1.165) is 34.1 Å². The van der Waals surface area contributed by atoms with E-state index in [4.69, 9.17) is 4.74 Å². The number of para-hydroxylation sites is 1. The van der Waals surface area contributed by atoms with E-state index in [-0.39, 0.29) is 23.9 Å². The Morgan fingerprint density at radius 2 is 2.07 bits per heavy atom. The van der Waals surface area contributed by atoms with Crippen LogP contribution in [0.5, 0.6) is 0 Å². The molecule has 1 aliphatic heterocycles. The van der Waals surface area contributed by atoms with E-state index in [2.05, 4.69) is 39.0 Å². The van der Waals surface area contributed by atoms with E-state index in [1.54, 1.807) is 6.33 Å². The monoisotopic (exact) mass is 415 g/mol. The number of nitrogens with zero attached hydrogens (tertiary/aromatic N) is 4. The van der Waals surface area contributed by atoms with Gasteiger partial charge in [0.1, 0.15) is 17.2 Å². The Labute approximate surface area is 171 Å². The maximum atomic E-state index is 12.3. The number of fused-ring (bicyclic) bond motifs is 1. The van der Waals surface area contributed by atoms with Gasteiger partial charge in [0, 0.05) is 19.2 Å². The van der Waals surface area contributed by atoms with Gasteiger partial charge in [0.05, 0.1) is 28.2 Å². The third-order valence-electron chi connectivity index (χ3n) is 4.26. The highest BCUT2D eigenvalue weighted by Crippen LogP contribution is 2.26. The highest BCUT2D eigenvalue weighted by Gasteiger charge is 2.23. The molecule has 1 amide bonds. The van der Waals surface area contributed by atoms with Crippen LogP contribution < -0.4 is 10.2 Å². The first-order valence-electron chi connectivity index (χ1n) is 9.07. The van der Waals surface area contributed by atoms with Crippen molar-refractivity contribution in [2.45, 2.75) is 31.1 Å². The summed E-state index contributed by atoms with van der Waals surface area (Å²) in [5.41, 5.74) is 0.893. The van der Waals surface area contributed by atoms with Crippen LogP contribution in [0.15, 0.2) is 41.7 Å². The molecule has 2 atom stereocenters. The van der Waals surface area contributed by atoms with Crippen LogP contribution in [0.3, 0.4) is 0 Å². The molecule has 3 heterocycles. The van der Waals surface area contributed by atoms with Gasteiger partial charge >= 0.3 is 0 Å². The molecule has 4 rings (SSSR count). The molecule has 28 heavy (non-hydrogen) atoms. The number of ether oxygens (including phenoxy) is 1. The second kappa shape index (κ2) is 8.42. The maximum Gasteiger partial charge on any atom is 0.236 e. The van der Waals surface area contributed by atoms with Gasteiger partial charge in [-0.05, 0) is 26.0 Å². The van der Waals surface area contributed by atoms with Crippen molar-refractivity contribution in [2.24, 2.45) is 0 Å². The number of hydrogen-bond acceptors (Lipinski definition) is 8. The first-order chi connectivity index (χ1) is 13.6. The van der Waals surface area contributed by atoms with E-state index in [1.807, 2.05) is 30.3 Å². The minimum atomic E-state index is -0.0992. The Morgan fingerprint density at radius 1 is 1.29 bits per heavy atom. The molecular formula is C19H21N5O2S2. The van der Waals surface area contributed by atoms with Gasteiger partial charge in [0.15, 0.2) is 5.13 Å². The first kappa shape index (κ1) is 19.1. The van der Waals surface area contributed by atoms with E-state index < -0.39 is 0 Å². The van der Waals surface area contributed by atoms with E-state index in [0.29, 0.717) is 5.13 Å². The summed E-state index contributed by atoms with van der Waals surface area (Å²) in [5, 5.41) is 4.26. The molecule has 0 spiro atoms. The number of hydrogen-bond donors (Lipinski definition) is 1. The molecule has 1 aromatic carbocycles. The summed E-state index contributed by atoms with van der Waals surface area (Å²) in [6, 6.07) is 9.76. The van der Waals surface area contributed by atoms with Crippen LogP contribution in [0.1, 0.15) is 13.8 Å². The van der Waals surface area contributed by atoms with Crippen LogP contribution in [0.4, 0.5) is 10.9 Å². The number of nitrogens with one attached hydrogen (secondary N) is 1. The maximum absolute atomic E-state index is 12.3. The molecule has 9 heteroatoms. The van der Waals surface area contributed by atoms with Gasteiger partial charge in [0.25, 0.3) is 0 Å². The number of carbonyl (C=O) groups is 1. The molecule has 3 aromatic rings. The van der Waals surface area contributed by atoms with Crippen LogP contribution in [-0.2, 0) is 9.53 Å². The lowest BCUT2D eigenvalue weighted by Crippen LogP contribution is -2.45. The Bertz CT molecular complexity index is 937. The van der Waals surface area contributed by atoms with Crippen molar-refractivity contribution in [1.82, 2.24) is 15.0 Å². The zero-order valence-corrected chi connectivity index (χ0v) is 17.3. The van der Waals surface area contributed by atoms with Crippen molar-refractivity contribution >= 4 is 50.2 Å². The molecule has 0 saturated carbocycles. The lowest BCUT2D eigenvalue weighted by molar-refractivity contribution is -0.113. The number of aromatic nitrogens is 3. The fraction of sp³-hybridized carbons (Fsp3) is 0.368. The van der Waals surface area contributed by atoms with Crippen molar-refractivity contribution in [3.63, 3.8) is 0 Å². The number of thioether (sulfide) groups is 1. The number of thiazole rings is 1. The zero-order valence-electron chi connectivity index (χ0n) is 15.7. The molecular weight excluding hydrogens is 394 g/mol. The highest BCUT2D eigenvalue weighted by molar-refractivity contribution is 7.99. The lowest BCUT2D eigenvalue weighted by atomic mass is 10.2. The van der Waals surface area contributed by atoms with Gasteiger partial charge in [-0.1, -0.05) is 35.2 Å². The normalized spacial score (nSPS) is 19.7. The average molecular weight is 416 g/mol. The lowest BCUT2D eigenvalue weighted by Gasteiger charge is -2.36. The number of rotatable bonds is 5. The van der Waals surface area contributed by atoms with E-state index in [1.165, 1.54) is 23.1 Å². The quantitative estimate of drug-likeness (QED) is 0.505. The SMILES string of the molecule is CC1CN(c2cc(SCC(=O)Nc3nc4ccccc4s3)ncn2)CC(C)O1. The van der Waals surface area contributed by atoms with Crippen LogP contribution in [0.25, 0.3) is 10.2 Å². The Hall–Kier alpha value is -2.23. The Kier molecular flexibility index (Phi) is 5.74. The van der Waals surface area contributed by atoms with Crippen molar-refractivity contribution in [3.05, 3.63) is 36.7 Å². The second-order valence-corrected chi connectivity index (χ2v) is 8.73. The minimum absolute atomic E-state index is 0.0992. The number of anilines is 2. The zero-order chi connectivity index (χ0) is 19.5. The summed E-state index contributed by atoms with van der Waals surface area (Å²) in [6.07, 6.45) is 1.87. The predicted octanol–water partition coefficient (Wildman–Crippen LogP) is 3.43. The fourth-order valence-corrected chi connectivity index (χ4v) is 4.71. The number of morpholine rings is 1. The highest BCUT2D eigenvalue weighted by atomic mass is 32.2. The molecule has 1 saturated heterocycles. The Balaban J connectivity index is 1.36. The average Bonchev–Trinajstić information content (AvgIpc) is 3.08. The van der Waals surface area contributed by atoms with Crippen molar-refractivity contribution in [1.29, 1.82) is 0 Å². The largest absolute Gasteiger partial charge is 0.372 e. The summed E-state index contributed by atoms with van der Waals surface area (Å²) >= 11 is 2.86. The van der Waals surface area contributed by atoms with Crippen LogP contribution in [0, 0.1) is 0 Å². The van der Waals surface area contributed by atoms with E-state index in [9.17, 15) is 4.79 Å². The third-order valence-corrected chi connectivity index (χ3v) is 6.14. The standard InChI is InChI=1S/C19H21N5O2S2/c1-12-8-24(9-13(2)26-12)16-7-18(21-11-20-16)27-10-17(25)23-19-22-14-5-3-4-6-15(14)28-19/h3-7,11-13H,8-10H2,1-2H3,(H,22,23,25). The molecule has 0 aliphatic carbocycles. The summed E-state index contributed by atoms with van der Waals surface area (Å²) in [7, 11) is 0. The summed E-state index contributed by atoms with van der Waals surface area (Å²) < 4.78 is 6.83. The van der Waals surface area contributed by atoms with Gasteiger partial charge in [-0.3, -0.25) is 4.79 Å². The number of benzene rings is 1. The summed E-state index contributed by atoms with van der Waals surface area (Å²) in [4.78, 5) is 27.6. The van der Waals surface area contributed by atoms with Gasteiger partial charge in [-0.2, -0.15) is 0 Å². The van der Waals surface area contributed by atoms with Crippen molar-refractivity contribution in [2.75, 3.05) is 29.1 Å². The first-order valence-corrected chi connectivity index (χ1v) is 10.9.